The SMILES string of the molecule is COc1cc(C)c(CC2CCNCC2)c(C)c1Cl. The molecule has 0 bridgehead atoms. The lowest BCUT2D eigenvalue weighted by atomic mass is 9.87. The van der Waals surface area contributed by atoms with Crippen molar-refractivity contribution in [2.45, 2.75) is 33.1 Å². The molecule has 1 saturated heterocycles. The number of piperidine rings is 1. The van der Waals surface area contributed by atoms with Gasteiger partial charge in [-0.05, 0) is 74.9 Å². The first kappa shape index (κ1) is 13.7. The summed E-state index contributed by atoms with van der Waals surface area (Å²) in [4.78, 5) is 0. The molecular formula is C15H22ClNO. The average Bonchev–Trinajstić information content (AvgIpc) is 2.40. The molecule has 1 heterocycles. The zero-order valence-electron chi connectivity index (χ0n) is 11.5. The molecule has 0 spiro atoms. The van der Waals surface area contributed by atoms with E-state index in [0.29, 0.717) is 0 Å². The number of nitrogens with one attached hydrogen (secondary N) is 1. The summed E-state index contributed by atoms with van der Waals surface area (Å²) < 4.78 is 5.31. The summed E-state index contributed by atoms with van der Waals surface area (Å²) in [5, 5.41) is 4.18. The van der Waals surface area contributed by atoms with Gasteiger partial charge >= 0.3 is 0 Å². The number of hydrogen-bond acceptors (Lipinski definition) is 2. The van der Waals surface area contributed by atoms with Gasteiger partial charge in [-0.15, -0.1) is 0 Å². The van der Waals surface area contributed by atoms with Crippen LogP contribution in [0.2, 0.25) is 5.02 Å². The van der Waals surface area contributed by atoms with Crippen LogP contribution < -0.4 is 10.1 Å². The Hall–Kier alpha value is -0.730. The Morgan fingerprint density at radius 2 is 2.00 bits per heavy atom. The van der Waals surface area contributed by atoms with Gasteiger partial charge in [0.2, 0.25) is 0 Å². The fourth-order valence-corrected chi connectivity index (χ4v) is 3.04. The molecule has 2 nitrogen and oxygen atoms in total. The molecule has 0 aliphatic carbocycles. The smallest absolute Gasteiger partial charge is 0.138 e. The Labute approximate surface area is 115 Å². The van der Waals surface area contributed by atoms with Crippen molar-refractivity contribution in [1.82, 2.24) is 5.32 Å². The van der Waals surface area contributed by atoms with Gasteiger partial charge in [-0.1, -0.05) is 11.6 Å². The molecule has 1 N–H and O–H groups in total. The van der Waals surface area contributed by atoms with E-state index in [2.05, 4.69) is 25.2 Å². The average molecular weight is 268 g/mol. The molecule has 3 heteroatoms. The molecule has 0 unspecified atom stereocenters. The van der Waals surface area contributed by atoms with Gasteiger partial charge in [0.25, 0.3) is 0 Å². The van der Waals surface area contributed by atoms with Gasteiger partial charge in [0, 0.05) is 0 Å². The molecule has 0 radical (unpaired) electrons. The van der Waals surface area contributed by atoms with Crippen LogP contribution in [0.25, 0.3) is 0 Å². The number of rotatable bonds is 3. The first-order valence-electron chi connectivity index (χ1n) is 6.66. The molecule has 0 saturated carbocycles. The lowest BCUT2D eigenvalue weighted by Crippen LogP contribution is -2.29. The molecule has 1 aliphatic heterocycles. The van der Waals surface area contributed by atoms with Crippen molar-refractivity contribution in [2.24, 2.45) is 5.92 Å². The van der Waals surface area contributed by atoms with Crippen LogP contribution in [-0.2, 0) is 6.42 Å². The molecule has 18 heavy (non-hydrogen) atoms. The molecule has 100 valence electrons. The predicted octanol–water partition coefficient (Wildman–Crippen LogP) is 3.51. The van der Waals surface area contributed by atoms with Crippen molar-refractivity contribution in [1.29, 1.82) is 0 Å². The normalized spacial score (nSPS) is 16.9. The van der Waals surface area contributed by atoms with Gasteiger partial charge in [0.15, 0.2) is 0 Å². The maximum absolute atomic E-state index is 6.35. The maximum atomic E-state index is 6.35. The molecule has 2 rings (SSSR count). The number of hydrogen-bond donors (Lipinski definition) is 1. The summed E-state index contributed by atoms with van der Waals surface area (Å²) in [7, 11) is 1.67. The molecular weight excluding hydrogens is 246 g/mol. The highest BCUT2D eigenvalue weighted by atomic mass is 35.5. The predicted molar refractivity (Wildman–Crippen MR) is 76.8 cm³/mol. The van der Waals surface area contributed by atoms with Crippen LogP contribution in [0.1, 0.15) is 29.5 Å². The maximum Gasteiger partial charge on any atom is 0.138 e. The molecule has 1 aromatic rings. The van der Waals surface area contributed by atoms with Crippen molar-refractivity contribution in [3.8, 4) is 5.75 Å². The summed E-state index contributed by atoms with van der Waals surface area (Å²) in [5.74, 6) is 1.58. The van der Waals surface area contributed by atoms with E-state index in [-0.39, 0.29) is 0 Å². The van der Waals surface area contributed by atoms with Gasteiger partial charge in [0.1, 0.15) is 5.75 Å². The van der Waals surface area contributed by atoms with Gasteiger partial charge in [-0.3, -0.25) is 0 Å². The van der Waals surface area contributed by atoms with E-state index in [4.69, 9.17) is 16.3 Å². The minimum Gasteiger partial charge on any atom is -0.495 e. The lowest BCUT2D eigenvalue weighted by molar-refractivity contribution is 0.371. The van der Waals surface area contributed by atoms with Crippen LogP contribution in [0.3, 0.4) is 0 Å². The fraction of sp³-hybridized carbons (Fsp3) is 0.600. The van der Waals surface area contributed by atoms with Crippen LogP contribution >= 0.6 is 11.6 Å². The standard InChI is InChI=1S/C15H22ClNO/c1-10-8-14(18-3)15(16)11(2)13(10)9-12-4-6-17-7-5-12/h8,12,17H,4-7,9H2,1-3H3. The van der Waals surface area contributed by atoms with Crippen molar-refractivity contribution in [2.75, 3.05) is 20.2 Å². The van der Waals surface area contributed by atoms with Gasteiger partial charge < -0.3 is 10.1 Å². The molecule has 0 amide bonds. The summed E-state index contributed by atoms with van der Waals surface area (Å²) in [6, 6.07) is 2.06. The Bertz CT molecular complexity index is 425. The van der Waals surface area contributed by atoms with Crippen molar-refractivity contribution >= 4 is 11.6 Å². The Morgan fingerprint density at radius 3 is 2.61 bits per heavy atom. The Balaban J connectivity index is 2.24. The van der Waals surface area contributed by atoms with E-state index in [1.807, 2.05) is 0 Å². The second kappa shape index (κ2) is 5.94. The van der Waals surface area contributed by atoms with Crippen LogP contribution in [0.4, 0.5) is 0 Å². The molecule has 1 fully saturated rings. The highest BCUT2D eigenvalue weighted by molar-refractivity contribution is 6.33. The molecule has 0 atom stereocenters. The molecule has 0 aromatic heterocycles. The van der Waals surface area contributed by atoms with E-state index < -0.39 is 0 Å². The van der Waals surface area contributed by atoms with Gasteiger partial charge in [-0.25, -0.2) is 0 Å². The highest BCUT2D eigenvalue weighted by Crippen LogP contribution is 2.34. The van der Waals surface area contributed by atoms with Crippen LogP contribution in [-0.4, -0.2) is 20.2 Å². The second-order valence-electron chi connectivity index (χ2n) is 5.21. The number of halogens is 1. The minimum atomic E-state index is 0.770. The van der Waals surface area contributed by atoms with E-state index in [1.165, 1.54) is 29.5 Å². The quantitative estimate of drug-likeness (QED) is 0.905. The summed E-state index contributed by atoms with van der Waals surface area (Å²) >= 11 is 6.35. The number of methoxy groups -OCH3 is 1. The van der Waals surface area contributed by atoms with E-state index in [0.717, 1.165) is 36.2 Å². The van der Waals surface area contributed by atoms with Crippen LogP contribution in [0, 0.1) is 19.8 Å². The fourth-order valence-electron chi connectivity index (χ4n) is 2.80. The topological polar surface area (TPSA) is 21.3 Å². The van der Waals surface area contributed by atoms with E-state index >= 15 is 0 Å². The third-order valence-electron chi connectivity index (χ3n) is 3.99. The summed E-state index contributed by atoms with van der Waals surface area (Å²) in [6.07, 6.45) is 3.67. The Morgan fingerprint density at radius 1 is 1.33 bits per heavy atom. The summed E-state index contributed by atoms with van der Waals surface area (Å²) in [6.45, 7) is 6.55. The third-order valence-corrected chi connectivity index (χ3v) is 4.46. The van der Waals surface area contributed by atoms with Crippen molar-refractivity contribution < 1.29 is 4.74 Å². The minimum absolute atomic E-state index is 0.770. The monoisotopic (exact) mass is 267 g/mol. The van der Waals surface area contributed by atoms with Gasteiger partial charge in [-0.2, -0.15) is 0 Å². The number of ether oxygens (including phenoxy) is 1. The first-order chi connectivity index (χ1) is 8.63. The lowest BCUT2D eigenvalue weighted by Gasteiger charge is -2.24. The zero-order valence-corrected chi connectivity index (χ0v) is 12.2. The van der Waals surface area contributed by atoms with Crippen molar-refractivity contribution in [3.63, 3.8) is 0 Å². The Kier molecular flexibility index (Phi) is 4.52. The summed E-state index contributed by atoms with van der Waals surface area (Å²) in [5.41, 5.74) is 3.90. The number of benzene rings is 1. The first-order valence-corrected chi connectivity index (χ1v) is 7.04. The molecule has 1 aliphatic rings. The van der Waals surface area contributed by atoms with E-state index in [9.17, 15) is 0 Å². The van der Waals surface area contributed by atoms with Crippen LogP contribution in [0.5, 0.6) is 5.75 Å². The molecule has 1 aromatic carbocycles. The third kappa shape index (κ3) is 2.81. The highest BCUT2D eigenvalue weighted by Gasteiger charge is 2.18. The van der Waals surface area contributed by atoms with Crippen molar-refractivity contribution in [3.05, 3.63) is 27.8 Å². The number of aryl methyl sites for hydroxylation is 1. The second-order valence-corrected chi connectivity index (χ2v) is 5.59. The van der Waals surface area contributed by atoms with Gasteiger partial charge in [0.05, 0.1) is 12.1 Å². The largest absolute Gasteiger partial charge is 0.495 e. The zero-order chi connectivity index (χ0) is 13.1. The van der Waals surface area contributed by atoms with E-state index in [1.54, 1.807) is 7.11 Å². The van der Waals surface area contributed by atoms with Crippen LogP contribution in [0.15, 0.2) is 6.07 Å².